The first-order valence-electron chi connectivity index (χ1n) is 11.2. The third kappa shape index (κ3) is 6.98. The third-order valence-corrected chi connectivity index (χ3v) is 6.24. The Morgan fingerprint density at radius 2 is 1.97 bits per heavy atom. The van der Waals surface area contributed by atoms with Gasteiger partial charge in [-0.1, -0.05) is 37.1 Å². The lowest BCUT2D eigenvalue weighted by Crippen LogP contribution is -2.44. The van der Waals surface area contributed by atoms with Gasteiger partial charge < -0.3 is 20.5 Å². The number of guanidine groups is 1. The van der Waals surface area contributed by atoms with Gasteiger partial charge in [0.25, 0.3) is 0 Å². The van der Waals surface area contributed by atoms with Crippen molar-refractivity contribution in [3.05, 3.63) is 35.4 Å². The summed E-state index contributed by atoms with van der Waals surface area (Å²) < 4.78 is 5.58. The molecule has 3 rings (SSSR count). The maximum Gasteiger partial charge on any atom is 0.191 e. The molecular formula is C23H38N4O2. The second-order valence-corrected chi connectivity index (χ2v) is 8.57. The van der Waals surface area contributed by atoms with Gasteiger partial charge in [0, 0.05) is 45.3 Å². The summed E-state index contributed by atoms with van der Waals surface area (Å²) in [5.74, 6) is 0.798. The number of nitrogens with zero attached hydrogens (tertiary/aromatic N) is 2. The number of aliphatic imine (C=N–C) groups is 1. The summed E-state index contributed by atoms with van der Waals surface area (Å²) in [7, 11) is 1.80. The fourth-order valence-corrected chi connectivity index (χ4v) is 4.38. The molecule has 2 saturated heterocycles. The first kappa shape index (κ1) is 22.1. The smallest absolute Gasteiger partial charge is 0.191 e. The van der Waals surface area contributed by atoms with E-state index < -0.39 is 0 Å². The minimum absolute atomic E-state index is 0.0133. The van der Waals surface area contributed by atoms with Crippen molar-refractivity contribution in [2.24, 2.45) is 10.4 Å². The molecule has 2 aliphatic rings. The van der Waals surface area contributed by atoms with Crippen molar-refractivity contribution >= 4 is 5.96 Å². The Labute approximate surface area is 175 Å². The van der Waals surface area contributed by atoms with Crippen LogP contribution >= 0.6 is 0 Å². The second-order valence-electron chi connectivity index (χ2n) is 8.57. The van der Waals surface area contributed by atoms with Crippen LogP contribution in [0.5, 0.6) is 0 Å². The maximum atomic E-state index is 9.39. The molecule has 0 bridgehead atoms. The summed E-state index contributed by atoms with van der Waals surface area (Å²) in [6.45, 7) is 6.68. The predicted molar refractivity (Wildman–Crippen MR) is 118 cm³/mol. The summed E-state index contributed by atoms with van der Waals surface area (Å²) >= 11 is 0. The summed E-state index contributed by atoms with van der Waals surface area (Å²) in [6.07, 6.45) is 7.14. The van der Waals surface area contributed by atoms with E-state index in [-0.39, 0.29) is 12.0 Å². The normalized spacial score (nSPS) is 23.7. The molecule has 2 fully saturated rings. The highest BCUT2D eigenvalue weighted by Gasteiger charge is 2.34. The Bertz CT molecular complexity index is 636. The highest BCUT2D eigenvalue weighted by Crippen LogP contribution is 2.31. The second kappa shape index (κ2) is 11.5. The van der Waals surface area contributed by atoms with Gasteiger partial charge in [-0.05, 0) is 49.9 Å². The molecule has 0 radical (unpaired) electrons. The third-order valence-electron chi connectivity index (χ3n) is 6.24. The molecule has 0 spiro atoms. The summed E-state index contributed by atoms with van der Waals surface area (Å²) in [4.78, 5) is 6.95. The molecule has 2 aliphatic heterocycles. The first-order chi connectivity index (χ1) is 14.2. The highest BCUT2D eigenvalue weighted by atomic mass is 16.5. The number of rotatable bonds is 8. The number of likely N-dealkylation sites (tertiary alicyclic amines) is 1. The van der Waals surface area contributed by atoms with Gasteiger partial charge in [-0.15, -0.1) is 0 Å². The van der Waals surface area contributed by atoms with Crippen LogP contribution in [0.25, 0.3) is 0 Å². The zero-order valence-corrected chi connectivity index (χ0v) is 18.0. The van der Waals surface area contributed by atoms with E-state index in [1.54, 1.807) is 7.05 Å². The molecule has 0 aliphatic carbocycles. The quantitative estimate of drug-likeness (QED) is 0.460. The van der Waals surface area contributed by atoms with Crippen molar-refractivity contribution < 1.29 is 9.84 Å². The lowest BCUT2D eigenvalue weighted by molar-refractivity contribution is 0.127. The van der Waals surface area contributed by atoms with Crippen molar-refractivity contribution in [2.75, 3.05) is 46.5 Å². The van der Waals surface area contributed by atoms with Gasteiger partial charge in [-0.2, -0.15) is 0 Å². The van der Waals surface area contributed by atoms with Gasteiger partial charge in [-0.3, -0.25) is 9.89 Å². The van der Waals surface area contributed by atoms with Crippen molar-refractivity contribution in [1.82, 2.24) is 15.5 Å². The zero-order valence-electron chi connectivity index (χ0n) is 18.0. The van der Waals surface area contributed by atoms with Crippen molar-refractivity contribution in [3.63, 3.8) is 0 Å². The molecular weight excluding hydrogens is 364 g/mol. The molecule has 1 aromatic carbocycles. The summed E-state index contributed by atoms with van der Waals surface area (Å²) in [5.41, 5.74) is 2.67. The lowest BCUT2D eigenvalue weighted by atomic mass is 9.84. The molecule has 0 saturated carbocycles. The fourth-order valence-electron chi connectivity index (χ4n) is 4.38. The number of hydrogen-bond donors (Lipinski definition) is 3. The van der Waals surface area contributed by atoms with Gasteiger partial charge >= 0.3 is 0 Å². The van der Waals surface area contributed by atoms with Gasteiger partial charge in [0.05, 0.1) is 6.61 Å². The molecule has 6 nitrogen and oxygen atoms in total. The molecule has 29 heavy (non-hydrogen) atoms. The Kier molecular flexibility index (Phi) is 8.77. The van der Waals surface area contributed by atoms with Crippen LogP contribution in [0.2, 0.25) is 0 Å². The summed E-state index contributed by atoms with van der Waals surface area (Å²) in [5, 5.41) is 16.3. The number of benzene rings is 1. The van der Waals surface area contributed by atoms with Crippen LogP contribution in [0.15, 0.2) is 29.3 Å². The van der Waals surface area contributed by atoms with Crippen molar-refractivity contribution in [2.45, 2.75) is 51.6 Å². The molecule has 1 atom stereocenters. The molecule has 2 heterocycles. The first-order valence-corrected chi connectivity index (χ1v) is 11.2. The minimum Gasteiger partial charge on any atom is -0.396 e. The average molecular weight is 403 g/mol. The van der Waals surface area contributed by atoms with Crippen molar-refractivity contribution in [1.29, 1.82) is 0 Å². The van der Waals surface area contributed by atoms with E-state index in [2.05, 4.69) is 44.8 Å². The van der Waals surface area contributed by atoms with Gasteiger partial charge in [-0.25, -0.2) is 0 Å². The van der Waals surface area contributed by atoms with E-state index in [1.807, 2.05) is 0 Å². The largest absolute Gasteiger partial charge is 0.396 e. The van der Waals surface area contributed by atoms with E-state index in [0.29, 0.717) is 6.61 Å². The Hall–Kier alpha value is -1.63. The van der Waals surface area contributed by atoms with E-state index in [4.69, 9.17) is 4.74 Å². The van der Waals surface area contributed by atoms with Gasteiger partial charge in [0.2, 0.25) is 0 Å². The number of nitrogens with one attached hydrogen (secondary N) is 2. The van der Waals surface area contributed by atoms with E-state index >= 15 is 0 Å². The number of ether oxygens (including phenoxy) is 1. The molecule has 162 valence electrons. The van der Waals surface area contributed by atoms with Crippen LogP contribution in [-0.4, -0.2) is 62.5 Å². The van der Waals surface area contributed by atoms with Crippen LogP contribution in [-0.2, 0) is 17.8 Å². The topological polar surface area (TPSA) is 69.1 Å². The molecule has 1 unspecified atom stereocenters. The van der Waals surface area contributed by atoms with Crippen LogP contribution in [0, 0.1) is 5.41 Å². The van der Waals surface area contributed by atoms with Gasteiger partial charge in [0.1, 0.15) is 0 Å². The molecule has 0 aromatic heterocycles. The molecule has 6 heteroatoms. The maximum absolute atomic E-state index is 9.39. The number of hydrogen-bond acceptors (Lipinski definition) is 4. The average Bonchev–Trinajstić information content (AvgIpc) is 3.04. The SMILES string of the molecule is CN=C(NCc1cccc(CN2CCCCCC2)c1)NCC1(CCO)CCOC1. The lowest BCUT2D eigenvalue weighted by Gasteiger charge is -2.27. The molecule has 3 N–H and O–H groups in total. The number of aliphatic hydroxyl groups is 1. The fraction of sp³-hybridized carbons (Fsp3) is 0.696. The zero-order chi connectivity index (χ0) is 20.4. The van der Waals surface area contributed by atoms with E-state index in [1.165, 1.54) is 49.9 Å². The monoisotopic (exact) mass is 402 g/mol. The van der Waals surface area contributed by atoms with Crippen LogP contribution < -0.4 is 10.6 Å². The predicted octanol–water partition coefficient (Wildman–Crippen LogP) is 2.52. The van der Waals surface area contributed by atoms with E-state index in [0.717, 1.165) is 45.0 Å². The minimum atomic E-state index is 0.0133. The van der Waals surface area contributed by atoms with Gasteiger partial charge in [0.15, 0.2) is 5.96 Å². The van der Waals surface area contributed by atoms with Crippen molar-refractivity contribution in [3.8, 4) is 0 Å². The Morgan fingerprint density at radius 3 is 2.66 bits per heavy atom. The van der Waals surface area contributed by atoms with E-state index in [9.17, 15) is 5.11 Å². The summed E-state index contributed by atoms with van der Waals surface area (Å²) in [6, 6.07) is 8.88. The Balaban J connectivity index is 1.49. The van der Waals surface area contributed by atoms with Crippen LogP contribution in [0.4, 0.5) is 0 Å². The highest BCUT2D eigenvalue weighted by molar-refractivity contribution is 5.79. The van der Waals surface area contributed by atoms with Crippen LogP contribution in [0.1, 0.15) is 49.7 Å². The molecule has 1 aromatic rings. The molecule has 0 amide bonds. The van der Waals surface area contributed by atoms with Crippen LogP contribution in [0.3, 0.4) is 0 Å². The Morgan fingerprint density at radius 1 is 1.17 bits per heavy atom. The number of aliphatic hydroxyl groups excluding tert-OH is 1. The standard InChI is InChI=1S/C23H38N4O2/c1-24-22(26-18-23(9-13-28)10-14-29-19-23)25-16-20-7-6-8-21(15-20)17-27-11-4-2-3-5-12-27/h6-8,15,28H,2-5,9-14,16-19H2,1H3,(H2,24,25,26).